The molecule has 0 bridgehead atoms. The van der Waals surface area contributed by atoms with Gasteiger partial charge in [0.1, 0.15) is 11.3 Å². The first-order valence-corrected chi connectivity index (χ1v) is 10.1. The second-order valence-electron chi connectivity index (χ2n) is 7.67. The van der Waals surface area contributed by atoms with Crippen molar-refractivity contribution < 1.29 is 0 Å². The normalized spacial score (nSPS) is 16.4. The number of hydrogen-bond acceptors (Lipinski definition) is 5. The van der Waals surface area contributed by atoms with Crippen molar-refractivity contribution in [2.75, 3.05) is 13.1 Å². The highest BCUT2D eigenvalue weighted by Crippen LogP contribution is 2.19. The van der Waals surface area contributed by atoms with E-state index >= 15 is 0 Å². The van der Waals surface area contributed by atoms with Gasteiger partial charge in [-0.05, 0) is 63.4 Å². The van der Waals surface area contributed by atoms with E-state index in [4.69, 9.17) is 0 Å². The molecule has 4 aromatic heterocycles. The smallest absolute Gasteiger partial charge is 0.180 e. The molecule has 150 valence electrons. The second kappa shape index (κ2) is 8.53. The first kappa shape index (κ1) is 19.3. The van der Waals surface area contributed by atoms with Crippen molar-refractivity contribution in [3.05, 3.63) is 60.3 Å². The molecule has 4 aromatic rings. The lowest BCUT2D eigenvalue weighted by Crippen LogP contribution is -2.27. The third kappa shape index (κ3) is 4.51. The Morgan fingerprint density at radius 3 is 2.76 bits per heavy atom. The Kier molecular flexibility index (Phi) is 5.67. The minimum Gasteiger partial charge on any atom is -0.316 e. The molecule has 5 heterocycles. The minimum absolute atomic E-state index is 0.642. The van der Waals surface area contributed by atoms with Gasteiger partial charge < -0.3 is 5.32 Å². The highest BCUT2D eigenvalue weighted by Gasteiger charge is 2.11. The van der Waals surface area contributed by atoms with Crippen molar-refractivity contribution in [3.8, 4) is 17.3 Å². The minimum atomic E-state index is 0.642. The molecule has 0 saturated carbocycles. The molecule has 1 aliphatic heterocycles. The van der Waals surface area contributed by atoms with Crippen molar-refractivity contribution in [3.63, 3.8) is 0 Å². The van der Waals surface area contributed by atoms with Gasteiger partial charge in [-0.3, -0.25) is 4.40 Å². The van der Waals surface area contributed by atoms with Gasteiger partial charge in [0.2, 0.25) is 0 Å². The summed E-state index contributed by atoms with van der Waals surface area (Å²) in [5, 5.41) is 7.56. The zero-order valence-electron chi connectivity index (χ0n) is 17.2. The molecule has 1 unspecified atom stereocenters. The highest BCUT2D eigenvalue weighted by atomic mass is 15.3. The van der Waals surface area contributed by atoms with Crippen LogP contribution in [0, 0.1) is 19.8 Å². The van der Waals surface area contributed by atoms with E-state index in [-0.39, 0.29) is 0 Å². The molecule has 1 aliphatic rings. The highest BCUT2D eigenvalue weighted by molar-refractivity contribution is 5.58. The first-order chi connectivity index (χ1) is 14.1. The number of nitrogens with one attached hydrogen (secondary N) is 1. The summed E-state index contributed by atoms with van der Waals surface area (Å²) in [4.78, 5) is 13.6. The number of nitrogens with zero attached hydrogens (tertiary/aromatic N) is 6. The predicted octanol–water partition coefficient (Wildman–Crippen LogP) is 3.60. The quantitative estimate of drug-likeness (QED) is 0.567. The summed E-state index contributed by atoms with van der Waals surface area (Å²) in [5.74, 6) is 2.31. The number of aromatic nitrogens is 6. The van der Waals surface area contributed by atoms with Gasteiger partial charge in [0.15, 0.2) is 11.6 Å². The van der Waals surface area contributed by atoms with Crippen molar-refractivity contribution >= 4 is 5.65 Å². The molecule has 1 atom stereocenters. The first-order valence-electron chi connectivity index (χ1n) is 10.1. The van der Waals surface area contributed by atoms with Crippen LogP contribution in [-0.4, -0.2) is 42.2 Å². The molecule has 7 nitrogen and oxygen atoms in total. The summed E-state index contributed by atoms with van der Waals surface area (Å²) in [5.41, 5.74) is 3.80. The van der Waals surface area contributed by atoms with Crippen LogP contribution in [0.25, 0.3) is 23.0 Å². The predicted molar refractivity (Wildman–Crippen MR) is 114 cm³/mol. The number of piperidine rings is 1. The van der Waals surface area contributed by atoms with Gasteiger partial charge in [0, 0.05) is 30.4 Å². The molecule has 0 amide bonds. The Balaban J connectivity index is 0.000000249. The third-order valence-corrected chi connectivity index (χ3v) is 5.01. The van der Waals surface area contributed by atoms with Crippen LogP contribution in [0.1, 0.15) is 31.0 Å². The Hall–Kier alpha value is -3.06. The van der Waals surface area contributed by atoms with E-state index in [0.29, 0.717) is 5.82 Å². The molecule has 1 fully saturated rings. The lowest BCUT2D eigenvalue weighted by molar-refractivity contribution is 0.405. The van der Waals surface area contributed by atoms with Crippen LogP contribution in [0.15, 0.2) is 49.1 Å². The van der Waals surface area contributed by atoms with Crippen LogP contribution in [0.4, 0.5) is 0 Å². The van der Waals surface area contributed by atoms with Gasteiger partial charge in [0.05, 0.1) is 6.20 Å². The number of imidazole rings is 1. The zero-order valence-corrected chi connectivity index (χ0v) is 17.2. The van der Waals surface area contributed by atoms with Crippen LogP contribution < -0.4 is 5.32 Å². The fourth-order valence-corrected chi connectivity index (χ4v) is 3.47. The number of rotatable bonds is 2. The maximum absolute atomic E-state index is 4.63. The van der Waals surface area contributed by atoms with Gasteiger partial charge in [-0.15, -0.1) is 0 Å². The largest absolute Gasteiger partial charge is 0.316 e. The van der Waals surface area contributed by atoms with Gasteiger partial charge in [-0.25, -0.2) is 19.6 Å². The van der Waals surface area contributed by atoms with E-state index < -0.39 is 0 Å². The molecule has 0 spiro atoms. The fraction of sp³-hybridized carbons (Fsp3) is 0.364. The van der Waals surface area contributed by atoms with Gasteiger partial charge >= 0.3 is 0 Å². The topological polar surface area (TPSA) is 72.9 Å². The number of aryl methyl sites for hydroxylation is 2. The van der Waals surface area contributed by atoms with E-state index in [1.54, 1.807) is 17.1 Å². The number of pyridine rings is 1. The molecule has 29 heavy (non-hydrogen) atoms. The SMILES string of the molecule is CC1CCCNC1.Cc1ccc2ncc(-c3nc(C)cc(-n4cccn4)n3)n2c1. The average Bonchev–Trinajstić information content (AvgIpc) is 3.38. The molecular weight excluding hydrogens is 362 g/mol. The molecule has 0 radical (unpaired) electrons. The van der Waals surface area contributed by atoms with Crippen molar-refractivity contribution in [2.24, 2.45) is 5.92 Å². The second-order valence-corrected chi connectivity index (χ2v) is 7.67. The Labute approximate surface area is 170 Å². The van der Waals surface area contributed by atoms with Crippen molar-refractivity contribution in [1.82, 2.24) is 34.4 Å². The third-order valence-electron chi connectivity index (χ3n) is 5.01. The van der Waals surface area contributed by atoms with Crippen molar-refractivity contribution in [1.29, 1.82) is 0 Å². The standard InChI is InChI=1S/C16H14N6.C6H13N/c1-11-4-5-14-17-9-13(21(14)10-11)16-19-12(2)8-15(20-16)22-7-3-6-18-22;1-6-3-2-4-7-5-6/h3-10H,1-2H3;6-7H,2-5H2,1H3. The molecule has 1 saturated heterocycles. The summed E-state index contributed by atoms with van der Waals surface area (Å²) >= 11 is 0. The van der Waals surface area contributed by atoms with Gasteiger partial charge in [0.25, 0.3) is 0 Å². The summed E-state index contributed by atoms with van der Waals surface area (Å²) in [7, 11) is 0. The zero-order chi connectivity index (χ0) is 20.2. The van der Waals surface area contributed by atoms with E-state index in [0.717, 1.165) is 34.3 Å². The molecule has 0 aromatic carbocycles. The lowest BCUT2D eigenvalue weighted by atomic mass is 10.0. The summed E-state index contributed by atoms with van der Waals surface area (Å²) in [6, 6.07) is 7.81. The van der Waals surface area contributed by atoms with Crippen LogP contribution >= 0.6 is 0 Å². The van der Waals surface area contributed by atoms with Gasteiger partial charge in [-0.1, -0.05) is 13.0 Å². The Morgan fingerprint density at radius 2 is 2.07 bits per heavy atom. The van der Waals surface area contributed by atoms with Crippen LogP contribution in [0.3, 0.4) is 0 Å². The maximum atomic E-state index is 4.63. The molecule has 7 heteroatoms. The Bertz CT molecular complexity index is 1080. The summed E-state index contributed by atoms with van der Waals surface area (Å²) in [6.45, 7) is 8.78. The maximum Gasteiger partial charge on any atom is 0.180 e. The van der Waals surface area contributed by atoms with Crippen LogP contribution in [0.2, 0.25) is 0 Å². The molecule has 5 rings (SSSR count). The lowest BCUT2D eigenvalue weighted by Gasteiger charge is -2.17. The average molecular weight is 390 g/mol. The number of hydrogen-bond donors (Lipinski definition) is 1. The molecular formula is C22H27N7. The molecule has 1 N–H and O–H groups in total. The van der Waals surface area contributed by atoms with Crippen LogP contribution in [0.5, 0.6) is 0 Å². The van der Waals surface area contributed by atoms with E-state index in [1.807, 2.05) is 48.0 Å². The van der Waals surface area contributed by atoms with Crippen LogP contribution in [-0.2, 0) is 0 Å². The van der Waals surface area contributed by atoms with Crippen molar-refractivity contribution in [2.45, 2.75) is 33.6 Å². The van der Waals surface area contributed by atoms with E-state index in [1.165, 1.54) is 25.9 Å². The van der Waals surface area contributed by atoms with E-state index in [2.05, 4.69) is 39.2 Å². The Morgan fingerprint density at radius 1 is 1.17 bits per heavy atom. The number of fused-ring (bicyclic) bond motifs is 1. The molecule has 0 aliphatic carbocycles. The fourth-order valence-electron chi connectivity index (χ4n) is 3.47. The summed E-state index contributed by atoms with van der Waals surface area (Å²) < 4.78 is 3.74. The summed E-state index contributed by atoms with van der Waals surface area (Å²) in [6.07, 6.45) is 10.2. The monoisotopic (exact) mass is 389 g/mol. The van der Waals surface area contributed by atoms with Gasteiger partial charge in [-0.2, -0.15) is 5.10 Å². The van der Waals surface area contributed by atoms with E-state index in [9.17, 15) is 0 Å².